The van der Waals surface area contributed by atoms with Gasteiger partial charge in [-0.25, -0.2) is 9.97 Å². The number of anilines is 1. The Kier molecular flexibility index (Phi) is 3.42. The summed E-state index contributed by atoms with van der Waals surface area (Å²) in [6.07, 6.45) is 0. The van der Waals surface area contributed by atoms with Crippen LogP contribution in [0.2, 0.25) is 0 Å². The van der Waals surface area contributed by atoms with Gasteiger partial charge in [0, 0.05) is 17.0 Å². The molecule has 1 aromatic carbocycles. The first-order valence-electron chi connectivity index (χ1n) is 6.19. The van der Waals surface area contributed by atoms with E-state index in [1.54, 1.807) is 7.11 Å². The van der Waals surface area contributed by atoms with Crippen LogP contribution in [0.15, 0.2) is 30.3 Å². The Bertz CT molecular complexity index is 588. The highest BCUT2D eigenvalue weighted by Gasteiger charge is 2.18. The van der Waals surface area contributed by atoms with Crippen molar-refractivity contribution in [2.24, 2.45) is 0 Å². The molecule has 0 aliphatic heterocycles. The van der Waals surface area contributed by atoms with Crippen molar-refractivity contribution in [3.05, 3.63) is 36.0 Å². The molecule has 1 heterocycles. The van der Waals surface area contributed by atoms with Crippen LogP contribution in [0.1, 0.15) is 26.5 Å². The van der Waals surface area contributed by atoms with Gasteiger partial charge in [-0.05, 0) is 12.1 Å². The Labute approximate surface area is 113 Å². The minimum Gasteiger partial charge on any atom is -0.497 e. The molecule has 2 aromatic rings. The number of hydrogen-bond acceptors (Lipinski definition) is 4. The lowest BCUT2D eigenvalue weighted by Crippen LogP contribution is -2.15. The number of nitrogens with zero attached hydrogens (tertiary/aromatic N) is 2. The molecule has 0 fully saturated rings. The summed E-state index contributed by atoms with van der Waals surface area (Å²) in [4.78, 5) is 8.91. The van der Waals surface area contributed by atoms with Gasteiger partial charge in [0.15, 0.2) is 5.82 Å². The molecule has 2 rings (SSSR count). The number of nitrogens with two attached hydrogens (primary N) is 1. The molecule has 4 nitrogen and oxygen atoms in total. The third-order valence-electron chi connectivity index (χ3n) is 2.84. The van der Waals surface area contributed by atoms with Crippen LogP contribution in [0, 0.1) is 0 Å². The molecule has 100 valence electrons. The summed E-state index contributed by atoms with van der Waals surface area (Å²) < 4.78 is 5.22. The lowest BCUT2D eigenvalue weighted by Gasteiger charge is -2.18. The summed E-state index contributed by atoms with van der Waals surface area (Å²) in [5.41, 5.74) is 7.65. The fraction of sp³-hybridized carbons (Fsp3) is 0.333. The first-order valence-corrected chi connectivity index (χ1v) is 6.19. The van der Waals surface area contributed by atoms with Crippen molar-refractivity contribution < 1.29 is 4.74 Å². The third kappa shape index (κ3) is 3.02. The van der Waals surface area contributed by atoms with E-state index < -0.39 is 0 Å². The maximum atomic E-state index is 5.88. The molecule has 1 aromatic heterocycles. The molecule has 0 aliphatic carbocycles. The lowest BCUT2D eigenvalue weighted by molar-refractivity contribution is 0.415. The second-order valence-corrected chi connectivity index (χ2v) is 5.48. The van der Waals surface area contributed by atoms with E-state index in [1.165, 1.54) is 0 Å². The summed E-state index contributed by atoms with van der Waals surface area (Å²) in [5, 5.41) is 0. The van der Waals surface area contributed by atoms with Crippen LogP contribution < -0.4 is 10.5 Å². The molecule has 0 saturated heterocycles. The zero-order chi connectivity index (χ0) is 14.0. The fourth-order valence-electron chi connectivity index (χ4n) is 1.74. The van der Waals surface area contributed by atoms with Gasteiger partial charge in [-0.15, -0.1) is 0 Å². The van der Waals surface area contributed by atoms with E-state index in [-0.39, 0.29) is 5.41 Å². The zero-order valence-corrected chi connectivity index (χ0v) is 11.8. The van der Waals surface area contributed by atoms with Crippen LogP contribution in [0.3, 0.4) is 0 Å². The van der Waals surface area contributed by atoms with Crippen LogP contribution >= 0.6 is 0 Å². The second-order valence-electron chi connectivity index (χ2n) is 5.48. The molecular weight excluding hydrogens is 238 g/mol. The van der Waals surface area contributed by atoms with Gasteiger partial charge < -0.3 is 10.5 Å². The Balaban J connectivity index is 2.53. The first kappa shape index (κ1) is 13.3. The van der Waals surface area contributed by atoms with E-state index >= 15 is 0 Å². The van der Waals surface area contributed by atoms with E-state index in [0.29, 0.717) is 11.6 Å². The van der Waals surface area contributed by atoms with Gasteiger partial charge in [0.1, 0.15) is 11.6 Å². The highest BCUT2D eigenvalue weighted by molar-refractivity contribution is 5.59. The number of rotatable bonds is 2. The minimum absolute atomic E-state index is 0.0648. The summed E-state index contributed by atoms with van der Waals surface area (Å²) in [7, 11) is 1.64. The number of nitrogen functional groups attached to an aromatic ring is 1. The molecule has 0 radical (unpaired) electrons. The third-order valence-corrected chi connectivity index (χ3v) is 2.84. The Morgan fingerprint density at radius 2 is 1.84 bits per heavy atom. The maximum Gasteiger partial charge on any atom is 0.161 e. The molecule has 0 aliphatic rings. The van der Waals surface area contributed by atoms with E-state index in [0.717, 1.165) is 17.0 Å². The minimum atomic E-state index is -0.0648. The average Bonchev–Trinajstić information content (AvgIpc) is 2.37. The molecule has 4 heteroatoms. The number of aromatic nitrogens is 2. The molecule has 0 bridgehead atoms. The van der Waals surface area contributed by atoms with Crippen molar-refractivity contribution in [2.45, 2.75) is 26.2 Å². The van der Waals surface area contributed by atoms with Crippen molar-refractivity contribution >= 4 is 5.82 Å². The topological polar surface area (TPSA) is 61.0 Å². The van der Waals surface area contributed by atoms with Crippen LogP contribution in [0.5, 0.6) is 5.75 Å². The number of benzene rings is 1. The fourth-order valence-corrected chi connectivity index (χ4v) is 1.74. The average molecular weight is 257 g/mol. The molecule has 0 saturated carbocycles. The van der Waals surface area contributed by atoms with Gasteiger partial charge in [0.2, 0.25) is 0 Å². The van der Waals surface area contributed by atoms with Gasteiger partial charge in [0.05, 0.1) is 12.8 Å². The van der Waals surface area contributed by atoms with Crippen molar-refractivity contribution in [1.82, 2.24) is 9.97 Å². The van der Waals surface area contributed by atoms with Gasteiger partial charge in [-0.3, -0.25) is 0 Å². The van der Waals surface area contributed by atoms with Crippen molar-refractivity contribution in [3.63, 3.8) is 0 Å². The Hall–Kier alpha value is -2.10. The highest BCUT2D eigenvalue weighted by atomic mass is 16.5. The lowest BCUT2D eigenvalue weighted by atomic mass is 9.92. The first-order chi connectivity index (χ1) is 8.90. The summed E-state index contributed by atoms with van der Waals surface area (Å²) in [6, 6.07) is 9.48. The summed E-state index contributed by atoms with van der Waals surface area (Å²) in [5.74, 6) is 1.89. The predicted molar refractivity (Wildman–Crippen MR) is 77.1 cm³/mol. The standard InChI is InChI=1S/C15H19N3O/c1-15(2,3)12-9-13(16)18-14(17-12)10-6-5-7-11(8-10)19-4/h5-9H,1-4H3,(H2,16,17,18). The van der Waals surface area contributed by atoms with Crippen molar-refractivity contribution in [3.8, 4) is 17.1 Å². The SMILES string of the molecule is COc1cccc(-c2nc(N)cc(C(C)(C)C)n2)c1. The molecule has 0 unspecified atom stereocenters. The van der Waals surface area contributed by atoms with Crippen LogP contribution in [-0.4, -0.2) is 17.1 Å². The van der Waals surface area contributed by atoms with Gasteiger partial charge in [0.25, 0.3) is 0 Å². The van der Waals surface area contributed by atoms with Crippen molar-refractivity contribution in [2.75, 3.05) is 12.8 Å². The quantitative estimate of drug-likeness (QED) is 0.898. The Morgan fingerprint density at radius 1 is 1.11 bits per heavy atom. The number of ether oxygens (including phenoxy) is 1. The number of methoxy groups -OCH3 is 1. The molecule has 0 spiro atoms. The predicted octanol–water partition coefficient (Wildman–Crippen LogP) is 3.03. The van der Waals surface area contributed by atoms with E-state index in [1.807, 2.05) is 30.3 Å². The highest BCUT2D eigenvalue weighted by Crippen LogP contribution is 2.26. The van der Waals surface area contributed by atoms with Gasteiger partial charge in [-0.1, -0.05) is 32.9 Å². The zero-order valence-electron chi connectivity index (χ0n) is 11.8. The molecule has 19 heavy (non-hydrogen) atoms. The van der Waals surface area contributed by atoms with Gasteiger partial charge in [-0.2, -0.15) is 0 Å². The van der Waals surface area contributed by atoms with E-state index in [2.05, 4.69) is 30.7 Å². The van der Waals surface area contributed by atoms with Crippen LogP contribution in [0.25, 0.3) is 11.4 Å². The van der Waals surface area contributed by atoms with Gasteiger partial charge >= 0.3 is 0 Å². The normalized spacial score (nSPS) is 11.4. The van der Waals surface area contributed by atoms with Crippen molar-refractivity contribution in [1.29, 1.82) is 0 Å². The van der Waals surface area contributed by atoms with E-state index in [4.69, 9.17) is 10.5 Å². The molecule has 2 N–H and O–H groups in total. The van der Waals surface area contributed by atoms with Crippen LogP contribution in [-0.2, 0) is 5.41 Å². The van der Waals surface area contributed by atoms with E-state index in [9.17, 15) is 0 Å². The maximum absolute atomic E-state index is 5.88. The smallest absolute Gasteiger partial charge is 0.161 e. The van der Waals surface area contributed by atoms with Crippen LogP contribution in [0.4, 0.5) is 5.82 Å². The molecular formula is C15H19N3O. The molecule has 0 atom stereocenters. The largest absolute Gasteiger partial charge is 0.497 e. The molecule has 0 amide bonds. The summed E-state index contributed by atoms with van der Waals surface area (Å²) in [6.45, 7) is 6.30. The summed E-state index contributed by atoms with van der Waals surface area (Å²) >= 11 is 0. The Morgan fingerprint density at radius 3 is 2.47 bits per heavy atom. The number of hydrogen-bond donors (Lipinski definition) is 1. The second kappa shape index (κ2) is 4.88. The monoisotopic (exact) mass is 257 g/mol.